The molecule has 0 aromatic heterocycles. The van der Waals surface area contributed by atoms with Crippen molar-refractivity contribution in [2.75, 3.05) is 27.0 Å². The second-order valence-electron chi connectivity index (χ2n) is 8.20. The van der Waals surface area contributed by atoms with Crippen LogP contribution in [0.15, 0.2) is 24.0 Å². The Morgan fingerprint density at radius 3 is 2.48 bits per heavy atom. The minimum atomic E-state index is -1.08. The zero-order chi connectivity index (χ0) is 22.2. The van der Waals surface area contributed by atoms with Gasteiger partial charge in [0.1, 0.15) is 11.9 Å². The molecule has 5 rings (SSSR count). The Hall–Kier alpha value is -2.78. The summed E-state index contributed by atoms with van der Waals surface area (Å²) in [4.78, 5) is 21.8. The van der Waals surface area contributed by atoms with Crippen molar-refractivity contribution < 1.29 is 39.1 Å². The molecule has 1 fully saturated rings. The Kier molecular flexibility index (Phi) is 5.81. The molecule has 1 aromatic carbocycles. The maximum atomic E-state index is 11.0. The highest BCUT2D eigenvalue weighted by atomic mass is 16.7. The van der Waals surface area contributed by atoms with E-state index >= 15 is 0 Å². The summed E-state index contributed by atoms with van der Waals surface area (Å²) in [6.07, 6.45) is 4.19. The first-order chi connectivity index (χ1) is 14.9. The molecular weight excluding hydrogens is 406 g/mol. The lowest BCUT2D eigenvalue weighted by molar-refractivity contribution is -0.143. The lowest BCUT2D eigenvalue weighted by Crippen LogP contribution is -2.46. The Balaban J connectivity index is 0.000000250. The number of benzene rings is 1. The molecule has 3 atom stereocenters. The average molecular weight is 433 g/mol. The van der Waals surface area contributed by atoms with Crippen molar-refractivity contribution in [1.29, 1.82) is 0 Å². The van der Waals surface area contributed by atoms with Crippen LogP contribution in [-0.4, -0.2) is 70.8 Å². The first kappa shape index (κ1) is 21.5. The molecule has 31 heavy (non-hydrogen) atoms. The summed E-state index contributed by atoms with van der Waals surface area (Å²) in [6, 6.07) is 4.19. The molecule has 0 amide bonds. The summed E-state index contributed by atoms with van der Waals surface area (Å²) in [5.41, 5.74) is 2.33. The zero-order valence-corrected chi connectivity index (χ0v) is 17.4. The van der Waals surface area contributed by atoms with Gasteiger partial charge >= 0.3 is 11.9 Å². The molecule has 3 aliphatic heterocycles. The predicted octanol–water partition coefficient (Wildman–Crippen LogP) is 1.73. The van der Waals surface area contributed by atoms with Crippen molar-refractivity contribution in [3.05, 3.63) is 35.1 Å². The Bertz CT molecular complexity index is 899. The van der Waals surface area contributed by atoms with Crippen molar-refractivity contribution in [3.63, 3.8) is 0 Å². The van der Waals surface area contributed by atoms with Crippen molar-refractivity contribution in [2.24, 2.45) is 0 Å². The van der Waals surface area contributed by atoms with Crippen LogP contribution in [0.4, 0.5) is 0 Å². The summed E-state index contributed by atoms with van der Waals surface area (Å²) in [5, 5.41) is 26.8. The molecule has 0 saturated carbocycles. The third kappa shape index (κ3) is 3.83. The highest BCUT2D eigenvalue weighted by Gasteiger charge is 2.56. The topological polar surface area (TPSA) is 126 Å². The number of ether oxygens (including phenoxy) is 3. The van der Waals surface area contributed by atoms with E-state index in [1.165, 1.54) is 11.1 Å². The van der Waals surface area contributed by atoms with Gasteiger partial charge in [-0.2, -0.15) is 0 Å². The van der Waals surface area contributed by atoms with Gasteiger partial charge in [0.05, 0.1) is 25.5 Å². The molecule has 0 unspecified atom stereocenters. The van der Waals surface area contributed by atoms with Crippen LogP contribution in [-0.2, 0) is 20.7 Å². The summed E-state index contributed by atoms with van der Waals surface area (Å²) >= 11 is 0. The number of carboxylic acids is 2. The van der Waals surface area contributed by atoms with Crippen molar-refractivity contribution in [1.82, 2.24) is 4.90 Å². The van der Waals surface area contributed by atoms with Gasteiger partial charge in [-0.1, -0.05) is 0 Å². The third-order valence-electron chi connectivity index (χ3n) is 6.54. The van der Waals surface area contributed by atoms with E-state index < -0.39 is 18.0 Å². The fourth-order valence-electron chi connectivity index (χ4n) is 5.21. The number of carboxylic acid groups (broad SMARTS) is 2. The van der Waals surface area contributed by atoms with Gasteiger partial charge in [0, 0.05) is 12.5 Å². The lowest BCUT2D eigenvalue weighted by atomic mass is 9.78. The number of hydrogen-bond donors (Lipinski definition) is 3. The smallest absolute Gasteiger partial charge is 0.303 e. The molecule has 3 heterocycles. The quantitative estimate of drug-likeness (QED) is 0.651. The third-order valence-corrected chi connectivity index (χ3v) is 6.54. The molecule has 9 nitrogen and oxygen atoms in total. The van der Waals surface area contributed by atoms with E-state index in [2.05, 4.69) is 23.1 Å². The largest absolute Gasteiger partial charge is 0.499 e. The van der Waals surface area contributed by atoms with E-state index in [1.807, 2.05) is 0 Å². The van der Waals surface area contributed by atoms with Gasteiger partial charge in [0.25, 0.3) is 0 Å². The summed E-state index contributed by atoms with van der Waals surface area (Å²) in [6.45, 7) is 2.37. The Morgan fingerprint density at radius 2 is 1.84 bits per heavy atom. The van der Waals surface area contributed by atoms with E-state index in [1.54, 1.807) is 7.11 Å². The monoisotopic (exact) mass is 433 g/mol. The van der Waals surface area contributed by atoms with Gasteiger partial charge in [-0.3, -0.25) is 14.5 Å². The number of aliphatic carboxylic acids is 2. The zero-order valence-electron chi connectivity index (χ0n) is 17.4. The molecule has 0 radical (unpaired) electrons. The average Bonchev–Trinajstić information content (AvgIpc) is 3.40. The Morgan fingerprint density at radius 1 is 1.16 bits per heavy atom. The number of aliphatic hydroxyl groups excluding tert-OH is 1. The molecule has 4 aliphatic rings. The summed E-state index contributed by atoms with van der Waals surface area (Å²) in [5.74, 6) is 0.176. The number of carbonyl (C=O) groups is 2. The van der Waals surface area contributed by atoms with Gasteiger partial charge in [-0.15, -0.1) is 0 Å². The van der Waals surface area contributed by atoms with Crippen molar-refractivity contribution >= 4 is 11.9 Å². The van der Waals surface area contributed by atoms with Crippen LogP contribution < -0.4 is 9.47 Å². The molecule has 0 bridgehead atoms. The van der Waals surface area contributed by atoms with Gasteiger partial charge in [0.15, 0.2) is 11.5 Å². The van der Waals surface area contributed by atoms with E-state index in [9.17, 15) is 14.7 Å². The first-order valence-corrected chi connectivity index (χ1v) is 10.4. The first-order valence-electron chi connectivity index (χ1n) is 10.4. The maximum absolute atomic E-state index is 11.0. The number of hydrogen-bond acceptors (Lipinski definition) is 7. The molecular formula is C22H27NO8. The second-order valence-corrected chi connectivity index (χ2v) is 8.20. The van der Waals surface area contributed by atoms with Gasteiger partial charge in [-0.25, -0.2) is 0 Å². The normalized spacial score (nSPS) is 27.7. The molecule has 1 saturated heterocycles. The fourth-order valence-corrected chi connectivity index (χ4v) is 5.21. The maximum Gasteiger partial charge on any atom is 0.303 e. The fraction of sp³-hybridized carbons (Fsp3) is 0.545. The van der Waals surface area contributed by atoms with Crippen LogP contribution in [0.1, 0.15) is 42.7 Å². The molecule has 168 valence electrons. The van der Waals surface area contributed by atoms with Gasteiger partial charge in [0.2, 0.25) is 6.79 Å². The number of aliphatic hydroxyl groups is 1. The lowest BCUT2D eigenvalue weighted by Gasteiger charge is -2.38. The minimum absolute atomic E-state index is 0.00644. The van der Waals surface area contributed by atoms with Crippen LogP contribution in [0.5, 0.6) is 11.5 Å². The number of fused-ring (bicyclic) bond motifs is 3. The van der Waals surface area contributed by atoms with E-state index in [0.717, 1.165) is 43.9 Å². The number of methoxy groups -OCH3 is 1. The Labute approximate surface area is 179 Å². The van der Waals surface area contributed by atoms with E-state index in [0.29, 0.717) is 5.76 Å². The van der Waals surface area contributed by atoms with Crippen LogP contribution in [0.25, 0.3) is 0 Å². The highest BCUT2D eigenvalue weighted by molar-refractivity contribution is 5.75. The highest BCUT2D eigenvalue weighted by Crippen LogP contribution is 2.54. The SMILES string of the molecule is COC1=C[C@]23CCCN2CCc2cc4c(cc2[C@@H]3[C@@H]1O)OCO4.O=C(O)CCC(=O)O. The van der Waals surface area contributed by atoms with Crippen LogP contribution in [0.3, 0.4) is 0 Å². The van der Waals surface area contributed by atoms with E-state index in [-0.39, 0.29) is 31.1 Å². The van der Waals surface area contributed by atoms with Crippen molar-refractivity contribution in [3.8, 4) is 11.5 Å². The molecule has 1 spiro atoms. The van der Waals surface area contributed by atoms with Crippen LogP contribution in [0.2, 0.25) is 0 Å². The number of rotatable bonds is 4. The summed E-state index contributed by atoms with van der Waals surface area (Å²) in [7, 11) is 1.65. The van der Waals surface area contributed by atoms with Gasteiger partial charge < -0.3 is 29.5 Å². The van der Waals surface area contributed by atoms with Gasteiger partial charge in [-0.05, 0) is 55.1 Å². The molecule has 1 aromatic rings. The van der Waals surface area contributed by atoms with Crippen LogP contribution >= 0.6 is 0 Å². The van der Waals surface area contributed by atoms with Crippen LogP contribution in [0, 0.1) is 0 Å². The van der Waals surface area contributed by atoms with E-state index in [4.69, 9.17) is 24.4 Å². The molecule has 1 aliphatic carbocycles. The molecule has 3 N–H and O–H groups in total. The van der Waals surface area contributed by atoms with Crippen molar-refractivity contribution in [2.45, 2.75) is 49.7 Å². The summed E-state index contributed by atoms with van der Waals surface area (Å²) < 4.78 is 16.6. The molecule has 9 heteroatoms. The minimum Gasteiger partial charge on any atom is -0.499 e. The second kappa shape index (κ2) is 8.39. The number of nitrogens with zero attached hydrogens (tertiary/aromatic N) is 1. The predicted molar refractivity (Wildman–Crippen MR) is 108 cm³/mol. The standard InChI is InChI=1S/C18H21NO4.C4H6O4/c1-21-15-9-18-4-2-5-19(18)6-3-11-7-13-14(23-10-22-13)8-12(11)16(18)17(15)20;5-3(6)1-2-4(7)8/h7-9,16-17,20H,2-6,10H2,1H3;1-2H2,(H,5,6)(H,7,8)/t16-,17-,18+;/m1./s1.